The van der Waals surface area contributed by atoms with Crippen molar-refractivity contribution in [1.29, 1.82) is 0 Å². The second-order valence-corrected chi connectivity index (χ2v) is 4.84. The summed E-state index contributed by atoms with van der Waals surface area (Å²) >= 11 is 0. The van der Waals surface area contributed by atoms with E-state index in [9.17, 15) is 9.59 Å². The van der Waals surface area contributed by atoms with Crippen molar-refractivity contribution >= 4 is 11.9 Å². The van der Waals surface area contributed by atoms with E-state index in [4.69, 9.17) is 9.47 Å². The number of carbonyl (C=O) groups is 2. The first-order chi connectivity index (χ1) is 7.84. The van der Waals surface area contributed by atoms with E-state index in [1.807, 2.05) is 13.8 Å². The van der Waals surface area contributed by atoms with E-state index in [0.29, 0.717) is 17.9 Å². The van der Waals surface area contributed by atoms with Gasteiger partial charge in [0.05, 0.1) is 18.2 Å². The molecule has 0 saturated carbocycles. The number of allylic oxidation sites excluding steroid dienone is 1. The van der Waals surface area contributed by atoms with Crippen LogP contribution in [0.4, 0.5) is 0 Å². The number of fused-ring (bicyclic) bond motifs is 1. The van der Waals surface area contributed by atoms with Gasteiger partial charge in [0.15, 0.2) is 0 Å². The van der Waals surface area contributed by atoms with Crippen molar-refractivity contribution in [3.63, 3.8) is 0 Å². The van der Waals surface area contributed by atoms with E-state index in [-0.39, 0.29) is 11.9 Å². The van der Waals surface area contributed by atoms with E-state index in [1.54, 1.807) is 11.8 Å². The van der Waals surface area contributed by atoms with Gasteiger partial charge in [-0.15, -0.1) is 0 Å². The molecule has 1 atom stereocenters. The van der Waals surface area contributed by atoms with Crippen molar-refractivity contribution in [2.45, 2.75) is 45.9 Å². The van der Waals surface area contributed by atoms with E-state index in [0.717, 1.165) is 6.42 Å². The van der Waals surface area contributed by atoms with Crippen LogP contribution in [0.15, 0.2) is 11.3 Å². The van der Waals surface area contributed by atoms with Crippen LogP contribution in [0.5, 0.6) is 0 Å². The normalized spacial score (nSPS) is 29.3. The molecule has 2 aliphatic heterocycles. The molecule has 1 amide bonds. The summed E-state index contributed by atoms with van der Waals surface area (Å²) in [6.07, 6.45) is 0.753. The molecule has 0 N–H and O–H groups in total. The molecule has 2 rings (SSSR count). The van der Waals surface area contributed by atoms with Crippen LogP contribution in [0.2, 0.25) is 0 Å². The van der Waals surface area contributed by atoms with Crippen LogP contribution in [0.25, 0.3) is 0 Å². The fraction of sp³-hybridized carbons (Fsp3) is 0.667. The molecule has 0 aromatic rings. The van der Waals surface area contributed by atoms with Crippen molar-refractivity contribution in [2.75, 3.05) is 6.61 Å². The average Bonchev–Trinajstić information content (AvgIpc) is 2.13. The van der Waals surface area contributed by atoms with Crippen LogP contribution < -0.4 is 0 Å². The second kappa shape index (κ2) is 3.84. The summed E-state index contributed by atoms with van der Waals surface area (Å²) < 4.78 is 10.5. The quantitative estimate of drug-likeness (QED) is 0.298. The number of carbonyl (C=O) groups excluding carboxylic acids is 2. The van der Waals surface area contributed by atoms with Crippen molar-refractivity contribution in [1.82, 2.24) is 4.90 Å². The maximum Gasteiger partial charge on any atom is 0.307 e. The Hall–Kier alpha value is -1.36. The highest BCUT2D eigenvalue weighted by atomic mass is 16.5. The lowest BCUT2D eigenvalue weighted by atomic mass is 9.86. The molecule has 5 nitrogen and oxygen atoms in total. The van der Waals surface area contributed by atoms with E-state index < -0.39 is 11.7 Å². The van der Waals surface area contributed by atoms with Crippen molar-refractivity contribution in [3.8, 4) is 0 Å². The summed E-state index contributed by atoms with van der Waals surface area (Å²) in [6.45, 7) is 7.34. The standard InChI is InChI=1S/C12H17NO4/c1-7(17-8(2)14)10-9-5-6-16-12(3,4)13(9)11(10)15/h9H,5-6H2,1-4H3. The summed E-state index contributed by atoms with van der Waals surface area (Å²) in [5, 5.41) is 0. The fourth-order valence-electron chi connectivity index (χ4n) is 2.52. The third-order valence-electron chi connectivity index (χ3n) is 3.20. The first-order valence-corrected chi connectivity index (χ1v) is 5.71. The second-order valence-electron chi connectivity index (χ2n) is 4.84. The lowest BCUT2D eigenvalue weighted by Gasteiger charge is -2.54. The lowest BCUT2D eigenvalue weighted by Crippen LogP contribution is -2.68. The van der Waals surface area contributed by atoms with Gasteiger partial charge in [-0.1, -0.05) is 0 Å². The number of rotatable bonds is 1. The summed E-state index contributed by atoms with van der Waals surface area (Å²) in [5.41, 5.74) is 0.0385. The number of hydrogen-bond acceptors (Lipinski definition) is 4. The minimum absolute atomic E-state index is 0.0191. The molecule has 0 aromatic heterocycles. The molecule has 1 unspecified atom stereocenters. The lowest BCUT2D eigenvalue weighted by molar-refractivity contribution is -0.205. The molecular weight excluding hydrogens is 222 g/mol. The van der Waals surface area contributed by atoms with Gasteiger partial charge < -0.3 is 14.4 Å². The van der Waals surface area contributed by atoms with Crippen LogP contribution >= 0.6 is 0 Å². The smallest absolute Gasteiger partial charge is 0.307 e. The molecule has 2 fully saturated rings. The zero-order valence-electron chi connectivity index (χ0n) is 10.6. The molecule has 94 valence electrons. The highest BCUT2D eigenvalue weighted by molar-refractivity contribution is 6.03. The van der Waals surface area contributed by atoms with Crippen molar-refractivity contribution in [2.24, 2.45) is 0 Å². The molecule has 0 spiro atoms. The van der Waals surface area contributed by atoms with Gasteiger partial charge in [0.1, 0.15) is 11.5 Å². The van der Waals surface area contributed by atoms with Gasteiger partial charge in [-0.3, -0.25) is 9.59 Å². The maximum atomic E-state index is 12.0. The van der Waals surface area contributed by atoms with Gasteiger partial charge in [0.2, 0.25) is 0 Å². The highest BCUT2D eigenvalue weighted by Gasteiger charge is 2.53. The van der Waals surface area contributed by atoms with Crippen LogP contribution in [0, 0.1) is 0 Å². The van der Waals surface area contributed by atoms with Crippen molar-refractivity contribution < 1.29 is 19.1 Å². The largest absolute Gasteiger partial charge is 0.431 e. The topological polar surface area (TPSA) is 55.8 Å². The number of esters is 1. The monoisotopic (exact) mass is 239 g/mol. The van der Waals surface area contributed by atoms with Gasteiger partial charge >= 0.3 is 5.97 Å². The Balaban J connectivity index is 2.25. The molecule has 0 bridgehead atoms. The van der Waals surface area contributed by atoms with E-state index in [2.05, 4.69) is 0 Å². The summed E-state index contributed by atoms with van der Waals surface area (Å²) in [5.74, 6) is -0.0764. The van der Waals surface area contributed by atoms with Gasteiger partial charge in [-0.2, -0.15) is 0 Å². The molecule has 5 heteroatoms. The first-order valence-electron chi connectivity index (χ1n) is 5.71. The Kier molecular flexibility index (Phi) is 2.73. The molecule has 2 aliphatic rings. The zero-order chi connectivity index (χ0) is 12.8. The third-order valence-corrected chi connectivity index (χ3v) is 3.20. The molecule has 0 aliphatic carbocycles. The molecular formula is C12H17NO4. The van der Waals surface area contributed by atoms with E-state index in [1.165, 1.54) is 6.92 Å². The number of β-lactam (4-membered cyclic amide) rings is 1. The third kappa shape index (κ3) is 1.84. The minimum atomic E-state index is -0.569. The van der Waals surface area contributed by atoms with E-state index >= 15 is 0 Å². The highest BCUT2D eigenvalue weighted by Crippen LogP contribution is 2.41. The summed E-state index contributed by atoms with van der Waals surface area (Å²) in [4.78, 5) is 24.6. The molecule has 17 heavy (non-hydrogen) atoms. The minimum Gasteiger partial charge on any atom is -0.431 e. The Morgan fingerprint density at radius 2 is 2.12 bits per heavy atom. The number of nitrogens with zero attached hydrogens (tertiary/aromatic N) is 1. The molecule has 0 aromatic carbocycles. The summed E-state index contributed by atoms with van der Waals surface area (Å²) in [7, 11) is 0. The zero-order valence-corrected chi connectivity index (χ0v) is 10.6. The molecule has 0 radical (unpaired) electrons. The Morgan fingerprint density at radius 3 is 2.71 bits per heavy atom. The predicted octanol–water partition coefficient (Wildman–Crippen LogP) is 1.19. The maximum absolute atomic E-state index is 12.0. The number of ether oxygens (including phenoxy) is 2. The molecule has 2 heterocycles. The van der Waals surface area contributed by atoms with Gasteiger partial charge in [-0.25, -0.2) is 0 Å². The molecule has 2 saturated heterocycles. The van der Waals surface area contributed by atoms with Crippen molar-refractivity contribution in [3.05, 3.63) is 11.3 Å². The van der Waals surface area contributed by atoms with Crippen LogP contribution in [-0.2, 0) is 19.1 Å². The summed E-state index contributed by atoms with van der Waals surface area (Å²) in [6, 6.07) is 0.0191. The predicted molar refractivity (Wildman–Crippen MR) is 59.7 cm³/mol. The van der Waals surface area contributed by atoms with Crippen LogP contribution in [0.3, 0.4) is 0 Å². The fourth-order valence-corrected chi connectivity index (χ4v) is 2.52. The SMILES string of the molecule is CC(=O)OC(C)=C1C(=O)N2C1CCOC2(C)C. The van der Waals surface area contributed by atoms with Gasteiger partial charge in [-0.05, 0) is 27.2 Å². The van der Waals surface area contributed by atoms with Gasteiger partial charge in [0.25, 0.3) is 5.91 Å². The Morgan fingerprint density at radius 1 is 1.47 bits per heavy atom. The average molecular weight is 239 g/mol. The first kappa shape index (κ1) is 12.1. The van der Waals surface area contributed by atoms with Gasteiger partial charge in [0, 0.05) is 6.92 Å². The number of hydrogen-bond donors (Lipinski definition) is 0. The number of amides is 1. The van der Waals surface area contributed by atoms with Crippen LogP contribution in [-0.4, -0.2) is 35.2 Å². The Bertz CT molecular complexity index is 411. The Labute approximate surface area is 100 Å². The van der Waals surface area contributed by atoms with Crippen LogP contribution in [0.1, 0.15) is 34.1 Å².